The summed E-state index contributed by atoms with van der Waals surface area (Å²) in [5, 5.41) is 33.9. The molecule has 2 aromatic rings. The highest BCUT2D eigenvalue weighted by Gasteiger charge is 2.29. The summed E-state index contributed by atoms with van der Waals surface area (Å²) in [4.78, 5) is 41.0. The van der Waals surface area contributed by atoms with Crippen LogP contribution in [0.25, 0.3) is 0 Å². The van der Waals surface area contributed by atoms with E-state index < -0.39 is 24.1 Å². The van der Waals surface area contributed by atoms with Crippen LogP contribution in [-0.2, 0) is 19.2 Å². The number of carboxylic acid groups (broad SMARTS) is 2. The summed E-state index contributed by atoms with van der Waals surface area (Å²) < 4.78 is 10.3. The standard InChI is InChI=1S/2C9H11ClN2O2.C4H6O6/c2*1-6-4-7(2-3-8(6)10)14-5-9(13)12-11;5-1(3(7)8)2(6)4(9)10/h2*2-4H,5,11H2,1H3,(H,12,13);1-2,5-6H,(H,7,8)(H,9,10). The Morgan fingerprint density at radius 3 is 1.32 bits per heavy atom. The fourth-order valence-corrected chi connectivity index (χ4v) is 2.30. The molecule has 38 heavy (non-hydrogen) atoms. The number of ether oxygens (including phenoxy) is 2. The zero-order valence-corrected chi connectivity index (χ0v) is 21.7. The van der Waals surface area contributed by atoms with Crippen molar-refractivity contribution in [2.75, 3.05) is 13.2 Å². The third kappa shape index (κ3) is 13.6. The van der Waals surface area contributed by atoms with Crippen molar-refractivity contribution in [3.8, 4) is 11.5 Å². The second kappa shape index (κ2) is 17.7. The number of rotatable bonds is 9. The highest BCUT2D eigenvalue weighted by atomic mass is 35.5. The van der Waals surface area contributed by atoms with E-state index in [4.69, 9.17) is 64.8 Å². The predicted octanol–water partition coefficient (Wildman–Crippen LogP) is -0.0884. The first-order valence-electron chi connectivity index (χ1n) is 10.3. The maximum atomic E-state index is 10.7. The number of hydrogen-bond acceptors (Lipinski definition) is 10. The number of carbonyl (C=O) groups is 4. The number of aliphatic hydroxyl groups excluding tert-OH is 2. The number of nitrogens with two attached hydrogens (primary N) is 2. The molecule has 2 aromatic carbocycles. The van der Waals surface area contributed by atoms with Crippen molar-refractivity contribution in [2.24, 2.45) is 11.7 Å². The molecule has 2 rings (SSSR count). The van der Waals surface area contributed by atoms with Gasteiger partial charge in [-0.25, -0.2) is 21.3 Å². The van der Waals surface area contributed by atoms with Gasteiger partial charge in [0.05, 0.1) is 0 Å². The van der Waals surface area contributed by atoms with E-state index in [2.05, 4.69) is 0 Å². The summed E-state index contributed by atoms with van der Waals surface area (Å²) in [5.41, 5.74) is 5.74. The molecule has 0 aromatic heterocycles. The third-order valence-corrected chi connectivity index (χ3v) is 4.97. The van der Waals surface area contributed by atoms with Crippen LogP contribution < -0.4 is 32.0 Å². The number of aliphatic hydroxyl groups is 2. The second-order valence-electron chi connectivity index (χ2n) is 7.10. The first-order valence-corrected chi connectivity index (χ1v) is 11.1. The van der Waals surface area contributed by atoms with Gasteiger partial charge < -0.3 is 29.9 Å². The number of carbonyl (C=O) groups excluding carboxylic acids is 2. The highest BCUT2D eigenvalue weighted by Crippen LogP contribution is 2.21. The van der Waals surface area contributed by atoms with E-state index in [9.17, 15) is 19.2 Å². The SMILES string of the molecule is Cc1cc(OCC(=O)NN)ccc1Cl.Cc1cc(OCC(=O)NN)ccc1Cl.O=C(O)C(O)C(O)C(=O)O. The summed E-state index contributed by atoms with van der Waals surface area (Å²) in [7, 11) is 0. The van der Waals surface area contributed by atoms with Crippen molar-refractivity contribution >= 4 is 47.0 Å². The van der Waals surface area contributed by atoms with Gasteiger partial charge in [0, 0.05) is 10.0 Å². The average Bonchev–Trinajstić information content (AvgIpc) is 2.89. The minimum atomic E-state index is -2.27. The number of amides is 2. The van der Waals surface area contributed by atoms with Gasteiger partial charge in [0.2, 0.25) is 0 Å². The van der Waals surface area contributed by atoms with Gasteiger partial charge in [0.1, 0.15) is 11.5 Å². The molecule has 0 fully saturated rings. The van der Waals surface area contributed by atoms with Crippen molar-refractivity contribution < 1.29 is 49.1 Å². The molecular formula is C22H28Cl2N4O10. The molecule has 10 N–H and O–H groups in total. The molecule has 2 atom stereocenters. The molecule has 2 unspecified atom stereocenters. The highest BCUT2D eigenvalue weighted by molar-refractivity contribution is 6.31. The van der Waals surface area contributed by atoms with Crippen LogP contribution in [0.1, 0.15) is 11.1 Å². The number of halogens is 2. The summed E-state index contributed by atoms with van der Waals surface area (Å²) in [6.45, 7) is 3.52. The quantitative estimate of drug-likeness (QED) is 0.110. The fourth-order valence-electron chi connectivity index (χ4n) is 2.07. The van der Waals surface area contributed by atoms with E-state index in [1.807, 2.05) is 24.7 Å². The predicted molar refractivity (Wildman–Crippen MR) is 135 cm³/mol. The van der Waals surface area contributed by atoms with Crippen molar-refractivity contribution in [3.05, 3.63) is 57.6 Å². The van der Waals surface area contributed by atoms with Crippen LogP contribution in [0.4, 0.5) is 0 Å². The van der Waals surface area contributed by atoms with E-state index in [1.54, 1.807) is 36.4 Å². The smallest absolute Gasteiger partial charge is 0.335 e. The van der Waals surface area contributed by atoms with Crippen LogP contribution in [-0.4, -0.2) is 69.6 Å². The van der Waals surface area contributed by atoms with Gasteiger partial charge >= 0.3 is 11.9 Å². The molecule has 2 amide bonds. The maximum absolute atomic E-state index is 10.7. The Morgan fingerprint density at radius 2 is 1.08 bits per heavy atom. The number of benzene rings is 2. The Morgan fingerprint density at radius 1 is 0.763 bits per heavy atom. The molecule has 16 heteroatoms. The maximum Gasteiger partial charge on any atom is 0.335 e. The first-order chi connectivity index (χ1) is 17.7. The molecule has 0 bridgehead atoms. The van der Waals surface area contributed by atoms with Crippen molar-refractivity contribution in [1.29, 1.82) is 0 Å². The normalized spacial score (nSPS) is 11.3. The van der Waals surface area contributed by atoms with Gasteiger partial charge in [-0.2, -0.15) is 0 Å². The van der Waals surface area contributed by atoms with Gasteiger partial charge in [0.15, 0.2) is 25.4 Å². The molecule has 210 valence electrons. The molecule has 0 saturated heterocycles. The van der Waals surface area contributed by atoms with Crippen LogP contribution in [0.5, 0.6) is 11.5 Å². The first kappa shape index (κ1) is 34.3. The summed E-state index contributed by atoms with van der Waals surface area (Å²) in [6, 6.07) is 10.3. The van der Waals surface area contributed by atoms with Gasteiger partial charge in [-0.05, 0) is 61.4 Å². The number of aliphatic carboxylic acids is 2. The molecule has 0 saturated carbocycles. The number of carboxylic acids is 2. The van der Waals surface area contributed by atoms with Crippen LogP contribution in [0.2, 0.25) is 10.0 Å². The van der Waals surface area contributed by atoms with Crippen LogP contribution in [0.15, 0.2) is 36.4 Å². The molecular weight excluding hydrogens is 551 g/mol. The van der Waals surface area contributed by atoms with E-state index in [-0.39, 0.29) is 25.0 Å². The van der Waals surface area contributed by atoms with E-state index in [1.165, 1.54) is 0 Å². The van der Waals surface area contributed by atoms with Gasteiger partial charge in [-0.1, -0.05) is 23.2 Å². The van der Waals surface area contributed by atoms with E-state index in [0.717, 1.165) is 11.1 Å². The molecule has 0 heterocycles. The third-order valence-electron chi connectivity index (χ3n) is 4.13. The second-order valence-corrected chi connectivity index (χ2v) is 7.91. The lowest BCUT2D eigenvalue weighted by atomic mass is 10.2. The van der Waals surface area contributed by atoms with E-state index in [0.29, 0.717) is 21.5 Å². The monoisotopic (exact) mass is 578 g/mol. The number of aryl methyl sites for hydroxylation is 2. The molecule has 0 radical (unpaired) electrons. The Balaban J connectivity index is 0.000000551. The fraction of sp³-hybridized carbons (Fsp3) is 0.273. The lowest BCUT2D eigenvalue weighted by Gasteiger charge is -2.07. The summed E-state index contributed by atoms with van der Waals surface area (Å²) >= 11 is 11.6. The molecule has 0 aliphatic heterocycles. The van der Waals surface area contributed by atoms with Crippen LogP contribution >= 0.6 is 23.2 Å². The minimum absolute atomic E-state index is 0.0996. The molecule has 0 aliphatic rings. The van der Waals surface area contributed by atoms with E-state index >= 15 is 0 Å². The van der Waals surface area contributed by atoms with Gasteiger partial charge in [-0.3, -0.25) is 20.4 Å². The van der Waals surface area contributed by atoms with Crippen molar-refractivity contribution in [3.63, 3.8) is 0 Å². The minimum Gasteiger partial charge on any atom is -0.484 e. The topological polar surface area (TPSA) is 244 Å². The molecule has 14 nitrogen and oxygen atoms in total. The zero-order valence-electron chi connectivity index (χ0n) is 20.2. The Kier molecular flexibility index (Phi) is 16.0. The van der Waals surface area contributed by atoms with Gasteiger partial charge in [0.25, 0.3) is 11.8 Å². The lowest BCUT2D eigenvalue weighted by molar-refractivity contribution is -0.165. The Labute approximate surface area is 227 Å². The average molecular weight is 579 g/mol. The Hall–Kier alpha value is -3.66. The number of nitrogens with one attached hydrogen (secondary N) is 2. The van der Waals surface area contributed by atoms with Crippen LogP contribution in [0, 0.1) is 13.8 Å². The number of hydrogen-bond donors (Lipinski definition) is 8. The molecule has 0 spiro atoms. The van der Waals surface area contributed by atoms with Crippen LogP contribution in [0.3, 0.4) is 0 Å². The largest absolute Gasteiger partial charge is 0.484 e. The van der Waals surface area contributed by atoms with Crippen molar-refractivity contribution in [1.82, 2.24) is 10.9 Å². The summed E-state index contributed by atoms with van der Waals surface area (Å²) in [6.07, 6.45) is -4.53. The zero-order chi connectivity index (χ0) is 29.4. The Bertz CT molecular complexity index is 1020. The molecule has 0 aliphatic carbocycles. The lowest BCUT2D eigenvalue weighted by Crippen LogP contribution is -2.39. The van der Waals surface area contributed by atoms with Crippen molar-refractivity contribution in [2.45, 2.75) is 26.1 Å². The summed E-state index contributed by atoms with van der Waals surface area (Å²) in [5.74, 6) is 6.67. The number of hydrazine groups is 2. The van der Waals surface area contributed by atoms with Gasteiger partial charge in [-0.15, -0.1) is 0 Å².